The summed E-state index contributed by atoms with van der Waals surface area (Å²) in [5, 5.41) is 0. The van der Waals surface area contributed by atoms with E-state index in [1.165, 1.54) is 25.9 Å². The topological polar surface area (TPSA) is 27.0 Å². The minimum Gasteiger partial charge on any atom is -0.303 e. The fraction of sp³-hybridized carbons (Fsp3) is 1.00. The zero-order chi connectivity index (χ0) is 8.10. The monoisotopic (exact) mass is 155 g/mol. The van der Waals surface area contributed by atoms with Crippen LogP contribution in [0.5, 0.6) is 0 Å². The van der Waals surface area contributed by atoms with Crippen molar-refractivity contribution in [3.05, 3.63) is 0 Å². The van der Waals surface area contributed by atoms with Crippen molar-refractivity contribution in [3.63, 3.8) is 0 Å². The Kier molecular flexibility index (Phi) is 3.87. The van der Waals surface area contributed by atoms with Gasteiger partial charge < -0.3 is 4.90 Å². The number of hydrogen-bond donors (Lipinski definition) is 0. The van der Waals surface area contributed by atoms with Gasteiger partial charge in [0.1, 0.15) is 0 Å². The normalized spacial score (nSPS) is 22.4. The second kappa shape index (κ2) is 4.73. The van der Waals surface area contributed by atoms with Gasteiger partial charge in [0.15, 0.2) is 0 Å². The maximum atomic E-state index is 7.03. The number of piperidine rings is 1. The third kappa shape index (κ3) is 3.21. The van der Waals surface area contributed by atoms with Gasteiger partial charge in [0.05, 0.1) is 0 Å². The Balaban J connectivity index is 2.07. The highest BCUT2D eigenvalue weighted by molar-refractivity contribution is 4.68. The third-order valence-corrected chi connectivity index (χ3v) is 2.53. The van der Waals surface area contributed by atoms with Crippen molar-refractivity contribution in [2.24, 2.45) is 5.92 Å². The van der Waals surface area contributed by atoms with E-state index in [0.717, 1.165) is 18.9 Å². The molecule has 1 heterocycles. The number of likely N-dealkylation sites (tertiary alicyclic amines) is 1. The molecule has 0 unspecified atom stereocenters. The average Bonchev–Trinajstić information content (AvgIpc) is 2.04. The molecule has 2 heteroatoms. The summed E-state index contributed by atoms with van der Waals surface area (Å²) in [7, 11) is 0. The standard InChI is InChI=1S/C9H19N2/c1-9-3-7-11(8-4-9)6-2-5-10/h9-10H,2-8H2,1H3. The van der Waals surface area contributed by atoms with E-state index in [4.69, 9.17) is 5.73 Å². The van der Waals surface area contributed by atoms with Crippen LogP contribution >= 0.6 is 0 Å². The molecule has 0 atom stereocenters. The first-order valence-electron chi connectivity index (χ1n) is 4.70. The molecule has 0 aliphatic carbocycles. The highest BCUT2D eigenvalue weighted by Crippen LogP contribution is 2.15. The zero-order valence-electron chi connectivity index (χ0n) is 7.47. The first kappa shape index (κ1) is 9.01. The Morgan fingerprint density at radius 1 is 1.36 bits per heavy atom. The van der Waals surface area contributed by atoms with Crippen LogP contribution in [0.4, 0.5) is 0 Å². The fourth-order valence-corrected chi connectivity index (χ4v) is 1.59. The summed E-state index contributed by atoms with van der Waals surface area (Å²) in [6.45, 7) is 6.60. The van der Waals surface area contributed by atoms with Gasteiger partial charge in [-0.1, -0.05) is 6.92 Å². The molecular weight excluding hydrogens is 136 g/mol. The van der Waals surface area contributed by atoms with E-state index < -0.39 is 0 Å². The first-order chi connectivity index (χ1) is 5.33. The Hall–Kier alpha value is -0.0800. The SMILES string of the molecule is CC1CCN(CCC[NH])CC1. The van der Waals surface area contributed by atoms with Crippen LogP contribution in [0.15, 0.2) is 0 Å². The summed E-state index contributed by atoms with van der Waals surface area (Å²) >= 11 is 0. The Morgan fingerprint density at radius 2 is 2.00 bits per heavy atom. The molecule has 0 spiro atoms. The van der Waals surface area contributed by atoms with Gasteiger partial charge in [0.2, 0.25) is 0 Å². The van der Waals surface area contributed by atoms with E-state index in [9.17, 15) is 0 Å². The van der Waals surface area contributed by atoms with Gasteiger partial charge >= 0.3 is 0 Å². The van der Waals surface area contributed by atoms with Crippen LogP contribution in [-0.2, 0) is 0 Å². The Morgan fingerprint density at radius 3 is 2.55 bits per heavy atom. The molecular formula is C9H19N2. The van der Waals surface area contributed by atoms with Crippen LogP contribution in [0.3, 0.4) is 0 Å². The van der Waals surface area contributed by atoms with Crippen LogP contribution in [0.1, 0.15) is 26.2 Å². The lowest BCUT2D eigenvalue weighted by atomic mass is 9.99. The Labute approximate surface area is 69.8 Å². The van der Waals surface area contributed by atoms with E-state index in [1.54, 1.807) is 0 Å². The molecule has 0 aromatic rings. The molecule has 1 saturated heterocycles. The van der Waals surface area contributed by atoms with Crippen LogP contribution in [0, 0.1) is 5.92 Å². The van der Waals surface area contributed by atoms with Gasteiger partial charge in [-0.25, -0.2) is 0 Å². The number of nitrogens with zero attached hydrogens (tertiary/aromatic N) is 1. The number of nitrogens with one attached hydrogen (secondary N) is 1. The van der Waals surface area contributed by atoms with Crippen LogP contribution in [0.2, 0.25) is 0 Å². The van der Waals surface area contributed by atoms with E-state index >= 15 is 0 Å². The molecule has 0 saturated carbocycles. The summed E-state index contributed by atoms with van der Waals surface area (Å²) in [5.74, 6) is 0.933. The summed E-state index contributed by atoms with van der Waals surface area (Å²) in [6, 6.07) is 0. The maximum absolute atomic E-state index is 7.03. The second-order valence-corrected chi connectivity index (χ2v) is 3.63. The molecule has 0 bridgehead atoms. The smallest absolute Gasteiger partial charge is 0.0112 e. The molecule has 1 N–H and O–H groups in total. The van der Waals surface area contributed by atoms with Gasteiger partial charge in [-0.2, -0.15) is 0 Å². The lowest BCUT2D eigenvalue weighted by molar-refractivity contribution is 0.191. The van der Waals surface area contributed by atoms with Crippen LogP contribution in [-0.4, -0.2) is 31.1 Å². The summed E-state index contributed by atoms with van der Waals surface area (Å²) in [4.78, 5) is 2.49. The maximum Gasteiger partial charge on any atom is 0.0112 e. The fourth-order valence-electron chi connectivity index (χ4n) is 1.59. The molecule has 1 aliphatic heterocycles. The lowest BCUT2D eigenvalue weighted by Crippen LogP contribution is -2.33. The number of hydrogen-bond acceptors (Lipinski definition) is 1. The molecule has 1 fully saturated rings. The van der Waals surface area contributed by atoms with E-state index in [-0.39, 0.29) is 0 Å². The molecule has 11 heavy (non-hydrogen) atoms. The van der Waals surface area contributed by atoms with Gasteiger partial charge in [0, 0.05) is 6.54 Å². The molecule has 1 radical (unpaired) electrons. The number of rotatable bonds is 3. The van der Waals surface area contributed by atoms with Crippen molar-refractivity contribution >= 4 is 0 Å². The predicted molar refractivity (Wildman–Crippen MR) is 47.4 cm³/mol. The van der Waals surface area contributed by atoms with Crippen molar-refractivity contribution in [2.75, 3.05) is 26.2 Å². The van der Waals surface area contributed by atoms with Gasteiger partial charge in [0.25, 0.3) is 0 Å². The third-order valence-electron chi connectivity index (χ3n) is 2.53. The van der Waals surface area contributed by atoms with Crippen molar-refractivity contribution in [1.29, 1.82) is 0 Å². The molecule has 65 valence electrons. The molecule has 0 aromatic heterocycles. The van der Waals surface area contributed by atoms with Crippen molar-refractivity contribution < 1.29 is 0 Å². The van der Waals surface area contributed by atoms with Gasteiger partial charge in [-0.3, -0.25) is 5.73 Å². The van der Waals surface area contributed by atoms with E-state index in [1.807, 2.05) is 0 Å². The average molecular weight is 155 g/mol. The quantitative estimate of drug-likeness (QED) is 0.605. The second-order valence-electron chi connectivity index (χ2n) is 3.63. The largest absolute Gasteiger partial charge is 0.303 e. The van der Waals surface area contributed by atoms with Crippen LogP contribution in [0.25, 0.3) is 0 Å². The van der Waals surface area contributed by atoms with Crippen LogP contribution < -0.4 is 5.73 Å². The summed E-state index contributed by atoms with van der Waals surface area (Å²) in [5.41, 5.74) is 7.03. The molecule has 1 rings (SSSR count). The molecule has 2 nitrogen and oxygen atoms in total. The minimum absolute atomic E-state index is 0.589. The summed E-state index contributed by atoms with van der Waals surface area (Å²) in [6.07, 6.45) is 3.77. The lowest BCUT2D eigenvalue weighted by Gasteiger charge is -2.29. The highest BCUT2D eigenvalue weighted by Gasteiger charge is 2.14. The predicted octanol–water partition coefficient (Wildman–Crippen LogP) is 1.39. The van der Waals surface area contributed by atoms with Crippen molar-refractivity contribution in [2.45, 2.75) is 26.2 Å². The van der Waals surface area contributed by atoms with Gasteiger partial charge in [-0.05, 0) is 44.8 Å². The molecule has 0 amide bonds. The highest BCUT2D eigenvalue weighted by atomic mass is 15.1. The molecule has 0 aromatic carbocycles. The van der Waals surface area contributed by atoms with Gasteiger partial charge in [-0.15, -0.1) is 0 Å². The summed E-state index contributed by atoms with van der Waals surface area (Å²) < 4.78 is 0. The molecule has 1 aliphatic rings. The first-order valence-corrected chi connectivity index (χ1v) is 4.70. The van der Waals surface area contributed by atoms with Crippen molar-refractivity contribution in [1.82, 2.24) is 10.6 Å². The van der Waals surface area contributed by atoms with Crippen molar-refractivity contribution in [3.8, 4) is 0 Å². The Bertz CT molecular complexity index is 93.0. The van der Waals surface area contributed by atoms with E-state index in [0.29, 0.717) is 6.54 Å². The minimum atomic E-state index is 0.589. The zero-order valence-corrected chi connectivity index (χ0v) is 7.47. The van der Waals surface area contributed by atoms with E-state index in [2.05, 4.69) is 11.8 Å².